The molecule has 0 aromatic carbocycles. The van der Waals surface area contributed by atoms with Gasteiger partial charge in [-0.25, -0.2) is 4.98 Å². The molecule has 0 bridgehead atoms. The van der Waals surface area contributed by atoms with E-state index in [0.717, 1.165) is 18.9 Å². The van der Waals surface area contributed by atoms with Gasteiger partial charge >= 0.3 is 0 Å². The SMILES string of the molecule is CCN(CC)c1ccc(NC(=O)c2cccs2)cn1. The van der Waals surface area contributed by atoms with Crippen molar-refractivity contribution in [3.05, 3.63) is 40.7 Å². The van der Waals surface area contributed by atoms with Gasteiger partial charge in [0.2, 0.25) is 0 Å². The van der Waals surface area contributed by atoms with E-state index in [4.69, 9.17) is 0 Å². The van der Waals surface area contributed by atoms with E-state index < -0.39 is 0 Å². The van der Waals surface area contributed by atoms with Crippen LogP contribution in [0.1, 0.15) is 23.5 Å². The lowest BCUT2D eigenvalue weighted by Gasteiger charge is -2.19. The molecule has 0 fully saturated rings. The van der Waals surface area contributed by atoms with Crippen LogP contribution in [-0.4, -0.2) is 24.0 Å². The van der Waals surface area contributed by atoms with E-state index in [9.17, 15) is 4.79 Å². The van der Waals surface area contributed by atoms with Crippen molar-refractivity contribution in [2.75, 3.05) is 23.3 Å². The highest BCUT2D eigenvalue weighted by Gasteiger charge is 2.08. The number of pyridine rings is 1. The van der Waals surface area contributed by atoms with Crippen molar-refractivity contribution < 1.29 is 4.79 Å². The molecular weight excluding hydrogens is 258 g/mol. The third-order valence-electron chi connectivity index (χ3n) is 2.84. The minimum atomic E-state index is -0.0904. The molecule has 1 N–H and O–H groups in total. The molecule has 4 nitrogen and oxygen atoms in total. The molecule has 0 aliphatic heterocycles. The number of nitrogens with one attached hydrogen (secondary N) is 1. The number of carbonyl (C=O) groups is 1. The summed E-state index contributed by atoms with van der Waals surface area (Å²) in [4.78, 5) is 19.1. The molecule has 0 atom stereocenters. The second-order valence-corrected chi connectivity index (χ2v) is 4.96. The van der Waals surface area contributed by atoms with Gasteiger partial charge in [0, 0.05) is 13.1 Å². The Morgan fingerprint density at radius 1 is 1.32 bits per heavy atom. The van der Waals surface area contributed by atoms with Crippen LogP contribution in [0.2, 0.25) is 0 Å². The van der Waals surface area contributed by atoms with Gasteiger partial charge in [-0.05, 0) is 37.4 Å². The van der Waals surface area contributed by atoms with Gasteiger partial charge in [0.05, 0.1) is 16.8 Å². The smallest absolute Gasteiger partial charge is 0.265 e. The lowest BCUT2D eigenvalue weighted by atomic mass is 10.3. The summed E-state index contributed by atoms with van der Waals surface area (Å²) in [5, 5.41) is 4.72. The van der Waals surface area contributed by atoms with Crippen molar-refractivity contribution in [2.24, 2.45) is 0 Å². The summed E-state index contributed by atoms with van der Waals surface area (Å²) in [6.07, 6.45) is 1.69. The zero-order valence-electron chi connectivity index (χ0n) is 11.1. The summed E-state index contributed by atoms with van der Waals surface area (Å²) in [6, 6.07) is 7.47. The number of rotatable bonds is 5. The highest BCUT2D eigenvalue weighted by Crippen LogP contribution is 2.16. The maximum atomic E-state index is 11.9. The van der Waals surface area contributed by atoms with Crippen LogP contribution in [0.15, 0.2) is 35.8 Å². The monoisotopic (exact) mass is 275 g/mol. The number of amides is 1. The largest absolute Gasteiger partial charge is 0.357 e. The molecule has 0 radical (unpaired) electrons. The number of nitrogens with zero attached hydrogens (tertiary/aromatic N) is 2. The van der Waals surface area contributed by atoms with Crippen molar-refractivity contribution in [3.8, 4) is 0 Å². The fourth-order valence-electron chi connectivity index (χ4n) is 1.80. The Hall–Kier alpha value is -1.88. The summed E-state index contributed by atoms with van der Waals surface area (Å²) in [6.45, 7) is 6.03. The van der Waals surface area contributed by atoms with Gasteiger partial charge in [-0.1, -0.05) is 6.07 Å². The average molecular weight is 275 g/mol. The number of aromatic nitrogens is 1. The Morgan fingerprint density at radius 3 is 2.63 bits per heavy atom. The molecule has 100 valence electrons. The molecule has 19 heavy (non-hydrogen) atoms. The first-order chi connectivity index (χ1) is 9.24. The van der Waals surface area contributed by atoms with E-state index in [1.54, 1.807) is 12.3 Å². The fourth-order valence-corrected chi connectivity index (χ4v) is 2.41. The Balaban J connectivity index is 2.05. The van der Waals surface area contributed by atoms with Gasteiger partial charge in [0.25, 0.3) is 5.91 Å². The van der Waals surface area contributed by atoms with E-state index in [0.29, 0.717) is 10.6 Å². The Kier molecular flexibility index (Phi) is 4.52. The Bertz CT molecular complexity index is 518. The number of carbonyl (C=O) groups excluding carboxylic acids is 1. The van der Waals surface area contributed by atoms with Crippen LogP contribution < -0.4 is 10.2 Å². The Labute approximate surface area is 117 Å². The summed E-state index contributed by atoms with van der Waals surface area (Å²) in [7, 11) is 0. The lowest BCUT2D eigenvalue weighted by molar-refractivity contribution is 0.103. The topological polar surface area (TPSA) is 45.2 Å². The number of hydrogen-bond donors (Lipinski definition) is 1. The molecule has 0 unspecified atom stereocenters. The maximum Gasteiger partial charge on any atom is 0.265 e. The predicted octanol–water partition coefficient (Wildman–Crippen LogP) is 3.24. The molecule has 5 heteroatoms. The van der Waals surface area contributed by atoms with Gasteiger partial charge in [-0.3, -0.25) is 4.79 Å². The molecule has 0 aliphatic rings. The van der Waals surface area contributed by atoms with Crippen LogP contribution in [0.4, 0.5) is 11.5 Å². The van der Waals surface area contributed by atoms with Crippen LogP contribution in [0.3, 0.4) is 0 Å². The molecule has 2 aromatic heterocycles. The highest BCUT2D eigenvalue weighted by molar-refractivity contribution is 7.12. The second-order valence-electron chi connectivity index (χ2n) is 4.01. The number of thiophene rings is 1. The van der Waals surface area contributed by atoms with Crippen molar-refractivity contribution in [3.63, 3.8) is 0 Å². The second kappa shape index (κ2) is 6.33. The van der Waals surface area contributed by atoms with Crippen molar-refractivity contribution >= 4 is 28.7 Å². The third kappa shape index (κ3) is 3.32. The molecular formula is C14H17N3OS. The van der Waals surface area contributed by atoms with Gasteiger partial charge in [0.15, 0.2) is 0 Å². The van der Waals surface area contributed by atoms with E-state index >= 15 is 0 Å². The van der Waals surface area contributed by atoms with Gasteiger partial charge in [-0.2, -0.15) is 0 Å². The van der Waals surface area contributed by atoms with Crippen LogP contribution in [-0.2, 0) is 0 Å². The van der Waals surface area contributed by atoms with Gasteiger partial charge in [0.1, 0.15) is 5.82 Å². The lowest BCUT2D eigenvalue weighted by Crippen LogP contribution is -2.22. The van der Waals surface area contributed by atoms with Crippen molar-refractivity contribution in [1.82, 2.24) is 4.98 Å². The summed E-state index contributed by atoms with van der Waals surface area (Å²) < 4.78 is 0. The van der Waals surface area contributed by atoms with E-state index in [1.807, 2.05) is 23.6 Å². The molecule has 0 saturated heterocycles. The molecule has 0 spiro atoms. The quantitative estimate of drug-likeness (QED) is 0.911. The number of hydrogen-bond acceptors (Lipinski definition) is 4. The molecule has 1 amide bonds. The van der Waals surface area contributed by atoms with E-state index in [2.05, 4.69) is 29.0 Å². The Morgan fingerprint density at radius 2 is 2.11 bits per heavy atom. The maximum absolute atomic E-state index is 11.9. The fraction of sp³-hybridized carbons (Fsp3) is 0.286. The standard InChI is InChI=1S/C14H17N3OS/c1-3-17(4-2)13-8-7-11(10-15-13)16-14(18)12-6-5-9-19-12/h5-10H,3-4H2,1-2H3,(H,16,18). The van der Waals surface area contributed by atoms with Crippen molar-refractivity contribution in [1.29, 1.82) is 0 Å². The first kappa shape index (κ1) is 13.5. The zero-order chi connectivity index (χ0) is 13.7. The minimum Gasteiger partial charge on any atom is -0.357 e. The molecule has 0 saturated carbocycles. The summed E-state index contributed by atoms with van der Waals surface area (Å²) in [5.74, 6) is 0.839. The minimum absolute atomic E-state index is 0.0904. The van der Waals surface area contributed by atoms with E-state index in [-0.39, 0.29) is 5.91 Å². The van der Waals surface area contributed by atoms with Crippen LogP contribution in [0.25, 0.3) is 0 Å². The third-order valence-corrected chi connectivity index (χ3v) is 3.71. The summed E-state index contributed by atoms with van der Waals surface area (Å²) >= 11 is 1.42. The first-order valence-corrected chi connectivity index (χ1v) is 7.18. The van der Waals surface area contributed by atoms with Crippen LogP contribution >= 0.6 is 11.3 Å². The molecule has 2 heterocycles. The van der Waals surface area contributed by atoms with Crippen LogP contribution in [0.5, 0.6) is 0 Å². The van der Waals surface area contributed by atoms with Gasteiger partial charge < -0.3 is 10.2 Å². The molecule has 2 rings (SSSR count). The number of anilines is 2. The predicted molar refractivity (Wildman–Crippen MR) is 80.1 cm³/mol. The normalized spacial score (nSPS) is 10.2. The van der Waals surface area contributed by atoms with Crippen LogP contribution in [0, 0.1) is 0 Å². The van der Waals surface area contributed by atoms with Gasteiger partial charge in [-0.15, -0.1) is 11.3 Å². The summed E-state index contributed by atoms with van der Waals surface area (Å²) in [5.41, 5.74) is 0.717. The molecule has 2 aromatic rings. The average Bonchev–Trinajstić information content (AvgIpc) is 2.96. The molecule has 0 aliphatic carbocycles. The first-order valence-electron chi connectivity index (χ1n) is 6.30. The zero-order valence-corrected chi connectivity index (χ0v) is 11.9. The highest BCUT2D eigenvalue weighted by atomic mass is 32.1. The van der Waals surface area contributed by atoms with E-state index in [1.165, 1.54) is 11.3 Å². The van der Waals surface area contributed by atoms with Crippen molar-refractivity contribution in [2.45, 2.75) is 13.8 Å².